The van der Waals surface area contributed by atoms with Crippen LogP contribution in [0, 0.1) is 5.92 Å². The average molecular weight is 285 g/mol. The summed E-state index contributed by atoms with van der Waals surface area (Å²) < 4.78 is 1.92. The molecule has 1 amide bonds. The largest absolute Gasteiger partial charge is 0.368 e. The van der Waals surface area contributed by atoms with E-state index in [1.165, 1.54) is 12.7 Å². The Bertz CT molecular complexity index is 592. The standard InChI is InChI=1S/C15H19N5O/c21-15(12-4-3-5-12)17-7-6-16-13-10-14(19-11-18-13)20-8-1-2-9-20/h1-2,8-12H,3-7H2,(H,17,21)(H,16,18,19). The van der Waals surface area contributed by atoms with E-state index in [9.17, 15) is 4.79 Å². The molecule has 1 aliphatic carbocycles. The highest BCUT2D eigenvalue weighted by Gasteiger charge is 2.24. The lowest BCUT2D eigenvalue weighted by Gasteiger charge is -2.24. The third kappa shape index (κ3) is 3.39. The number of nitrogens with zero attached hydrogens (tertiary/aromatic N) is 3. The maximum atomic E-state index is 11.7. The van der Waals surface area contributed by atoms with Crippen molar-refractivity contribution in [2.75, 3.05) is 18.4 Å². The van der Waals surface area contributed by atoms with Gasteiger partial charge in [-0.1, -0.05) is 6.42 Å². The number of amides is 1. The van der Waals surface area contributed by atoms with Crippen LogP contribution in [0.15, 0.2) is 36.9 Å². The molecule has 0 atom stereocenters. The molecule has 3 rings (SSSR count). The van der Waals surface area contributed by atoms with Crippen LogP contribution in [0.5, 0.6) is 0 Å². The molecule has 0 aromatic carbocycles. The van der Waals surface area contributed by atoms with Gasteiger partial charge in [-0.25, -0.2) is 9.97 Å². The zero-order valence-electron chi connectivity index (χ0n) is 11.8. The Labute approximate surface area is 123 Å². The van der Waals surface area contributed by atoms with Crippen molar-refractivity contribution in [3.05, 3.63) is 36.9 Å². The van der Waals surface area contributed by atoms with Gasteiger partial charge in [-0.15, -0.1) is 0 Å². The molecule has 21 heavy (non-hydrogen) atoms. The molecule has 110 valence electrons. The van der Waals surface area contributed by atoms with Crippen LogP contribution in [-0.2, 0) is 4.79 Å². The van der Waals surface area contributed by atoms with Gasteiger partial charge in [0, 0.05) is 37.5 Å². The summed E-state index contributed by atoms with van der Waals surface area (Å²) in [6.07, 6.45) is 8.65. The van der Waals surface area contributed by atoms with E-state index in [0.717, 1.165) is 24.5 Å². The van der Waals surface area contributed by atoms with E-state index in [-0.39, 0.29) is 11.8 Å². The van der Waals surface area contributed by atoms with Crippen LogP contribution >= 0.6 is 0 Å². The Kier molecular flexibility index (Phi) is 4.14. The maximum absolute atomic E-state index is 11.7. The molecule has 0 radical (unpaired) electrons. The Morgan fingerprint density at radius 1 is 1.24 bits per heavy atom. The summed E-state index contributed by atoms with van der Waals surface area (Å²) in [4.78, 5) is 20.1. The van der Waals surface area contributed by atoms with Crippen molar-refractivity contribution < 1.29 is 4.79 Å². The van der Waals surface area contributed by atoms with Crippen LogP contribution in [0.2, 0.25) is 0 Å². The molecular weight excluding hydrogens is 266 g/mol. The molecule has 2 N–H and O–H groups in total. The fraction of sp³-hybridized carbons (Fsp3) is 0.400. The topological polar surface area (TPSA) is 71.8 Å². The Balaban J connectivity index is 1.47. The van der Waals surface area contributed by atoms with E-state index >= 15 is 0 Å². The van der Waals surface area contributed by atoms with E-state index < -0.39 is 0 Å². The number of aromatic nitrogens is 3. The maximum Gasteiger partial charge on any atom is 0.223 e. The monoisotopic (exact) mass is 285 g/mol. The molecule has 2 heterocycles. The van der Waals surface area contributed by atoms with Gasteiger partial charge >= 0.3 is 0 Å². The Morgan fingerprint density at radius 2 is 2.05 bits per heavy atom. The summed E-state index contributed by atoms with van der Waals surface area (Å²) in [6, 6.07) is 5.78. The minimum absolute atomic E-state index is 0.179. The highest BCUT2D eigenvalue weighted by molar-refractivity contribution is 5.79. The molecule has 0 spiro atoms. The lowest BCUT2D eigenvalue weighted by atomic mass is 9.85. The highest BCUT2D eigenvalue weighted by Crippen LogP contribution is 2.25. The van der Waals surface area contributed by atoms with Crippen LogP contribution in [-0.4, -0.2) is 33.5 Å². The second kappa shape index (κ2) is 6.39. The zero-order valence-corrected chi connectivity index (χ0v) is 11.8. The van der Waals surface area contributed by atoms with Crippen molar-refractivity contribution in [3.8, 4) is 5.82 Å². The van der Waals surface area contributed by atoms with Crippen LogP contribution in [0.3, 0.4) is 0 Å². The van der Waals surface area contributed by atoms with Gasteiger partial charge in [0.2, 0.25) is 5.91 Å². The first kappa shape index (κ1) is 13.6. The molecule has 6 nitrogen and oxygen atoms in total. The number of carbonyl (C=O) groups is 1. The predicted octanol–water partition coefficient (Wildman–Crippen LogP) is 1.60. The van der Waals surface area contributed by atoms with Gasteiger partial charge in [0.15, 0.2) is 0 Å². The Morgan fingerprint density at radius 3 is 2.76 bits per heavy atom. The average Bonchev–Trinajstić information content (AvgIpc) is 2.96. The van der Waals surface area contributed by atoms with E-state index in [1.807, 2.05) is 35.2 Å². The molecule has 0 saturated heterocycles. The van der Waals surface area contributed by atoms with E-state index in [2.05, 4.69) is 20.6 Å². The minimum atomic E-state index is 0.179. The van der Waals surface area contributed by atoms with Gasteiger partial charge in [-0.05, 0) is 25.0 Å². The predicted molar refractivity (Wildman–Crippen MR) is 80.2 cm³/mol. The fourth-order valence-electron chi connectivity index (χ4n) is 2.26. The molecule has 0 unspecified atom stereocenters. The number of rotatable bonds is 6. The second-order valence-corrected chi connectivity index (χ2v) is 5.20. The first-order valence-electron chi connectivity index (χ1n) is 7.30. The SMILES string of the molecule is O=C(NCCNc1cc(-n2cccc2)ncn1)C1CCC1. The number of carbonyl (C=O) groups excluding carboxylic acids is 1. The molecule has 6 heteroatoms. The molecule has 2 aromatic rings. The normalized spacial score (nSPS) is 14.5. The summed E-state index contributed by atoms with van der Waals surface area (Å²) in [5, 5.41) is 6.15. The molecule has 2 aromatic heterocycles. The van der Waals surface area contributed by atoms with Crippen molar-refractivity contribution in [3.63, 3.8) is 0 Å². The van der Waals surface area contributed by atoms with Crippen molar-refractivity contribution in [2.45, 2.75) is 19.3 Å². The molecule has 1 saturated carbocycles. The highest BCUT2D eigenvalue weighted by atomic mass is 16.1. The second-order valence-electron chi connectivity index (χ2n) is 5.20. The number of hydrogen-bond donors (Lipinski definition) is 2. The number of hydrogen-bond acceptors (Lipinski definition) is 4. The van der Waals surface area contributed by atoms with Crippen molar-refractivity contribution in [1.82, 2.24) is 19.9 Å². The molecule has 0 aliphatic heterocycles. The number of anilines is 1. The summed E-state index contributed by atoms with van der Waals surface area (Å²) in [5.74, 6) is 1.99. The Hall–Kier alpha value is -2.37. The molecule has 0 bridgehead atoms. The van der Waals surface area contributed by atoms with Crippen LogP contribution in [0.25, 0.3) is 5.82 Å². The summed E-state index contributed by atoms with van der Waals surface area (Å²) in [6.45, 7) is 1.26. The third-order valence-corrected chi connectivity index (χ3v) is 3.73. The summed E-state index contributed by atoms with van der Waals surface area (Å²) >= 11 is 0. The lowest BCUT2D eigenvalue weighted by Crippen LogP contribution is -2.36. The van der Waals surface area contributed by atoms with Crippen LogP contribution in [0.4, 0.5) is 5.82 Å². The van der Waals surface area contributed by atoms with Crippen molar-refractivity contribution in [2.24, 2.45) is 5.92 Å². The van der Waals surface area contributed by atoms with Crippen molar-refractivity contribution in [1.29, 1.82) is 0 Å². The van der Waals surface area contributed by atoms with E-state index in [4.69, 9.17) is 0 Å². The zero-order chi connectivity index (χ0) is 14.5. The van der Waals surface area contributed by atoms with E-state index in [1.54, 1.807) is 0 Å². The summed E-state index contributed by atoms with van der Waals surface area (Å²) in [5.41, 5.74) is 0. The lowest BCUT2D eigenvalue weighted by molar-refractivity contribution is -0.127. The first-order chi connectivity index (χ1) is 10.3. The third-order valence-electron chi connectivity index (χ3n) is 3.73. The molecule has 1 aliphatic rings. The minimum Gasteiger partial charge on any atom is -0.368 e. The van der Waals surface area contributed by atoms with E-state index in [0.29, 0.717) is 13.1 Å². The van der Waals surface area contributed by atoms with Gasteiger partial charge in [-0.2, -0.15) is 0 Å². The van der Waals surface area contributed by atoms with Crippen molar-refractivity contribution >= 4 is 11.7 Å². The molecular formula is C15H19N5O. The van der Waals surface area contributed by atoms with Gasteiger partial charge in [-0.3, -0.25) is 4.79 Å². The fourth-order valence-corrected chi connectivity index (χ4v) is 2.26. The first-order valence-corrected chi connectivity index (χ1v) is 7.30. The summed E-state index contributed by atoms with van der Waals surface area (Å²) in [7, 11) is 0. The van der Waals surface area contributed by atoms with Gasteiger partial charge in [0.1, 0.15) is 18.0 Å². The van der Waals surface area contributed by atoms with Crippen LogP contribution in [0.1, 0.15) is 19.3 Å². The van der Waals surface area contributed by atoms with Gasteiger partial charge in [0.05, 0.1) is 0 Å². The van der Waals surface area contributed by atoms with Gasteiger partial charge < -0.3 is 15.2 Å². The number of nitrogens with one attached hydrogen (secondary N) is 2. The quantitative estimate of drug-likeness (QED) is 0.791. The van der Waals surface area contributed by atoms with Crippen LogP contribution < -0.4 is 10.6 Å². The smallest absolute Gasteiger partial charge is 0.223 e. The van der Waals surface area contributed by atoms with Gasteiger partial charge in [0.25, 0.3) is 0 Å². The molecule has 1 fully saturated rings.